The topological polar surface area (TPSA) is 41.5 Å². The molecule has 0 aliphatic heterocycles. The molecule has 0 amide bonds. The van der Waals surface area contributed by atoms with Crippen LogP contribution in [0.15, 0.2) is 60.7 Å². The summed E-state index contributed by atoms with van der Waals surface area (Å²) in [6.45, 7) is 1.60. The molecule has 0 spiro atoms. The van der Waals surface area contributed by atoms with Crippen LogP contribution in [0.1, 0.15) is 42.4 Å². The van der Waals surface area contributed by atoms with Crippen molar-refractivity contribution < 1.29 is 9.84 Å². The number of nitrogens with one attached hydrogen (secondary N) is 1. The first kappa shape index (κ1) is 21.4. The Hall–Kier alpha value is -2.36. The van der Waals surface area contributed by atoms with Crippen molar-refractivity contribution in [2.24, 2.45) is 0 Å². The summed E-state index contributed by atoms with van der Waals surface area (Å²) in [4.78, 5) is 0. The predicted octanol–water partition coefficient (Wildman–Crippen LogP) is 5.28. The van der Waals surface area contributed by atoms with E-state index in [9.17, 15) is 0 Å². The lowest BCUT2D eigenvalue weighted by Crippen LogP contribution is -2.17. The van der Waals surface area contributed by atoms with Gasteiger partial charge in [-0.05, 0) is 59.2 Å². The molecule has 2 N–H and O–H groups in total. The first-order valence-corrected chi connectivity index (χ1v) is 10.8. The molecule has 0 heterocycles. The van der Waals surface area contributed by atoms with Gasteiger partial charge < -0.3 is 15.2 Å². The van der Waals surface area contributed by atoms with Gasteiger partial charge in [-0.2, -0.15) is 0 Å². The molecule has 29 heavy (non-hydrogen) atoms. The fourth-order valence-corrected chi connectivity index (χ4v) is 3.99. The summed E-state index contributed by atoms with van der Waals surface area (Å²) in [5.41, 5.74) is 4.05. The Balaban J connectivity index is 1.50. The van der Waals surface area contributed by atoms with Crippen LogP contribution in [0.3, 0.4) is 0 Å². The number of hydrogen-bond donors (Lipinski definition) is 2. The van der Waals surface area contributed by atoms with Crippen LogP contribution in [0.4, 0.5) is 0 Å². The molecule has 0 fully saturated rings. The molecule has 3 aromatic rings. The minimum atomic E-state index is 0.174. The molecule has 0 aliphatic rings. The Bertz CT molecular complexity index is 891. The van der Waals surface area contributed by atoms with Gasteiger partial charge in [0.25, 0.3) is 0 Å². The van der Waals surface area contributed by atoms with Crippen molar-refractivity contribution in [2.75, 3.05) is 20.3 Å². The summed E-state index contributed by atoms with van der Waals surface area (Å²) in [6, 6.07) is 21.5. The quantitative estimate of drug-likeness (QED) is 0.413. The van der Waals surface area contributed by atoms with Gasteiger partial charge in [-0.3, -0.25) is 0 Å². The lowest BCUT2D eigenvalue weighted by atomic mass is 9.95. The Morgan fingerprint density at radius 2 is 1.34 bits per heavy atom. The number of rotatable bonds is 12. The molecule has 3 aromatic carbocycles. The van der Waals surface area contributed by atoms with Crippen molar-refractivity contribution in [3.05, 3.63) is 77.4 Å². The highest BCUT2D eigenvalue weighted by Crippen LogP contribution is 2.25. The Morgan fingerprint density at radius 1 is 0.724 bits per heavy atom. The Labute approximate surface area is 174 Å². The molecular weight excluding hydrogens is 358 g/mol. The summed E-state index contributed by atoms with van der Waals surface area (Å²) < 4.78 is 5.45. The number of aliphatic hydroxyl groups is 1. The number of aryl methyl sites for hydroxylation is 2. The first-order valence-electron chi connectivity index (χ1n) is 10.8. The van der Waals surface area contributed by atoms with Crippen LogP contribution < -0.4 is 10.1 Å². The van der Waals surface area contributed by atoms with Crippen molar-refractivity contribution in [1.82, 2.24) is 5.32 Å². The van der Waals surface area contributed by atoms with Crippen molar-refractivity contribution in [3.63, 3.8) is 0 Å². The molecule has 0 unspecified atom stereocenters. The zero-order valence-electron chi connectivity index (χ0n) is 17.5. The monoisotopic (exact) mass is 391 g/mol. The molecule has 0 atom stereocenters. The van der Waals surface area contributed by atoms with E-state index in [4.69, 9.17) is 9.84 Å². The third kappa shape index (κ3) is 6.06. The number of aliphatic hydroxyl groups excluding tert-OH is 1. The summed E-state index contributed by atoms with van der Waals surface area (Å²) in [7, 11) is 1.75. The number of benzene rings is 3. The van der Waals surface area contributed by atoms with E-state index >= 15 is 0 Å². The molecule has 3 heteroatoms. The smallest absolute Gasteiger partial charge is 0.122 e. The summed E-state index contributed by atoms with van der Waals surface area (Å²) >= 11 is 0. The molecule has 0 radical (unpaired) electrons. The van der Waals surface area contributed by atoms with Gasteiger partial charge in [-0.1, -0.05) is 67.4 Å². The highest BCUT2D eigenvalue weighted by Gasteiger charge is 2.06. The second kappa shape index (κ2) is 11.6. The molecule has 154 valence electrons. The number of methoxy groups -OCH3 is 1. The van der Waals surface area contributed by atoms with E-state index in [0.717, 1.165) is 25.1 Å². The van der Waals surface area contributed by atoms with Crippen LogP contribution in [0, 0.1) is 0 Å². The van der Waals surface area contributed by atoms with E-state index in [-0.39, 0.29) is 6.61 Å². The molecular formula is C26H33NO2. The van der Waals surface area contributed by atoms with E-state index < -0.39 is 0 Å². The highest BCUT2D eigenvalue weighted by atomic mass is 16.5. The van der Waals surface area contributed by atoms with Crippen LogP contribution in [0.5, 0.6) is 5.75 Å². The van der Waals surface area contributed by atoms with Gasteiger partial charge in [-0.25, -0.2) is 0 Å². The van der Waals surface area contributed by atoms with Crippen LogP contribution in [-0.4, -0.2) is 25.4 Å². The number of fused-ring (bicyclic) bond motifs is 1. The fraction of sp³-hybridized carbons (Fsp3) is 0.385. The van der Waals surface area contributed by atoms with Gasteiger partial charge >= 0.3 is 0 Å². The maximum Gasteiger partial charge on any atom is 0.122 e. The second-order valence-electron chi connectivity index (χ2n) is 7.56. The second-order valence-corrected chi connectivity index (χ2v) is 7.56. The highest BCUT2D eigenvalue weighted by molar-refractivity contribution is 5.88. The van der Waals surface area contributed by atoms with Gasteiger partial charge in [0.05, 0.1) is 13.7 Å². The van der Waals surface area contributed by atoms with Gasteiger partial charge in [0, 0.05) is 13.1 Å². The van der Waals surface area contributed by atoms with Crippen molar-refractivity contribution in [3.8, 4) is 5.75 Å². The lowest BCUT2D eigenvalue weighted by Gasteiger charge is -2.12. The van der Waals surface area contributed by atoms with E-state index in [1.165, 1.54) is 53.1 Å². The lowest BCUT2D eigenvalue weighted by molar-refractivity contribution is 0.292. The maximum absolute atomic E-state index is 8.98. The number of para-hydroxylation sites is 1. The largest absolute Gasteiger partial charge is 0.496 e. The van der Waals surface area contributed by atoms with Crippen LogP contribution >= 0.6 is 0 Å². The third-order valence-electron chi connectivity index (χ3n) is 5.54. The summed E-state index contributed by atoms with van der Waals surface area (Å²) in [5, 5.41) is 15.0. The zero-order valence-corrected chi connectivity index (χ0v) is 17.5. The van der Waals surface area contributed by atoms with Crippen molar-refractivity contribution >= 4 is 10.8 Å². The number of ether oxygens (including phenoxy) is 1. The zero-order chi connectivity index (χ0) is 20.3. The molecule has 3 rings (SSSR count). The van der Waals surface area contributed by atoms with E-state index in [0.29, 0.717) is 6.54 Å². The van der Waals surface area contributed by atoms with Crippen LogP contribution in [-0.2, 0) is 19.4 Å². The SMILES string of the molecule is COc1ccccc1CCCCCCc1ccc(CNCCO)c2ccccc12. The van der Waals surface area contributed by atoms with Crippen LogP contribution in [0.25, 0.3) is 10.8 Å². The molecule has 0 bridgehead atoms. The van der Waals surface area contributed by atoms with Gasteiger partial charge in [-0.15, -0.1) is 0 Å². The van der Waals surface area contributed by atoms with Crippen molar-refractivity contribution in [2.45, 2.75) is 45.1 Å². The van der Waals surface area contributed by atoms with E-state index in [1.807, 2.05) is 12.1 Å². The van der Waals surface area contributed by atoms with Gasteiger partial charge in [0.1, 0.15) is 5.75 Å². The minimum Gasteiger partial charge on any atom is -0.496 e. The van der Waals surface area contributed by atoms with Gasteiger partial charge in [0.2, 0.25) is 0 Å². The normalized spacial score (nSPS) is 11.1. The van der Waals surface area contributed by atoms with E-state index in [1.54, 1.807) is 7.11 Å². The summed E-state index contributed by atoms with van der Waals surface area (Å²) in [6.07, 6.45) is 7.14. The average Bonchev–Trinajstić information content (AvgIpc) is 2.77. The van der Waals surface area contributed by atoms with E-state index in [2.05, 4.69) is 53.8 Å². The summed E-state index contributed by atoms with van der Waals surface area (Å²) in [5.74, 6) is 1.01. The molecule has 0 saturated heterocycles. The first-order chi connectivity index (χ1) is 14.3. The molecule has 0 aromatic heterocycles. The van der Waals surface area contributed by atoms with Crippen molar-refractivity contribution in [1.29, 1.82) is 0 Å². The Morgan fingerprint density at radius 3 is 2.07 bits per heavy atom. The maximum atomic E-state index is 8.98. The number of hydrogen-bond acceptors (Lipinski definition) is 3. The Kier molecular flexibility index (Phi) is 8.54. The minimum absolute atomic E-state index is 0.174. The molecule has 3 nitrogen and oxygen atoms in total. The standard InChI is InChI=1S/C26H33NO2/c1-29-26-15-9-6-12-22(26)11-5-3-2-4-10-21-16-17-23(20-27-18-19-28)25-14-8-7-13-24(21)25/h6-9,12-17,27-28H,2-5,10-11,18-20H2,1H3. The van der Waals surface area contributed by atoms with Crippen LogP contribution in [0.2, 0.25) is 0 Å². The third-order valence-corrected chi connectivity index (χ3v) is 5.54. The molecule has 0 aliphatic carbocycles. The number of unbranched alkanes of at least 4 members (excludes halogenated alkanes) is 3. The molecule has 0 saturated carbocycles. The average molecular weight is 392 g/mol. The predicted molar refractivity (Wildman–Crippen MR) is 122 cm³/mol. The fourth-order valence-electron chi connectivity index (χ4n) is 3.99. The van der Waals surface area contributed by atoms with Gasteiger partial charge in [0.15, 0.2) is 0 Å².